The summed E-state index contributed by atoms with van der Waals surface area (Å²) in [5.74, 6) is 0. The average Bonchev–Trinajstić information content (AvgIpc) is 3.04. The predicted octanol–water partition coefficient (Wildman–Crippen LogP) is 1.23. The van der Waals surface area contributed by atoms with Gasteiger partial charge in [0, 0.05) is 18.7 Å². The van der Waals surface area contributed by atoms with Crippen LogP contribution in [0.15, 0.2) is 24.3 Å². The van der Waals surface area contributed by atoms with Crippen LogP contribution in [0.3, 0.4) is 0 Å². The van der Waals surface area contributed by atoms with Crippen LogP contribution in [-0.2, 0) is 30.4 Å². The minimum absolute atomic E-state index is 0.0553. The summed E-state index contributed by atoms with van der Waals surface area (Å²) in [4.78, 5) is 26.1. The highest BCUT2D eigenvalue weighted by molar-refractivity contribution is 7.86. The van der Waals surface area contributed by atoms with Gasteiger partial charge in [-0.2, -0.15) is 8.42 Å². The van der Waals surface area contributed by atoms with E-state index >= 15 is 0 Å². The molecule has 0 N–H and O–H groups in total. The molecule has 168 valence electrons. The van der Waals surface area contributed by atoms with Crippen molar-refractivity contribution in [3.63, 3.8) is 0 Å². The third kappa shape index (κ3) is 7.86. The van der Waals surface area contributed by atoms with E-state index < -0.39 is 27.2 Å². The topological polar surface area (TPSA) is 129 Å². The first-order chi connectivity index (χ1) is 14.0. The van der Waals surface area contributed by atoms with E-state index in [1.54, 1.807) is 0 Å². The van der Waals surface area contributed by atoms with Crippen molar-refractivity contribution in [3.05, 3.63) is 39.9 Å². The van der Waals surface area contributed by atoms with Gasteiger partial charge in [-0.3, -0.25) is 14.3 Å². The predicted molar refractivity (Wildman–Crippen MR) is 107 cm³/mol. The number of benzene rings is 1. The van der Waals surface area contributed by atoms with Crippen molar-refractivity contribution >= 4 is 21.9 Å². The number of hydrogen-bond acceptors (Lipinski definition) is 9. The molecule has 1 saturated heterocycles. The van der Waals surface area contributed by atoms with Gasteiger partial charge in [0.2, 0.25) is 0 Å². The minimum Gasteiger partial charge on any atom is -0.445 e. The maximum atomic E-state index is 12.6. The molecule has 0 radical (unpaired) electrons. The first-order valence-electron chi connectivity index (χ1n) is 9.32. The van der Waals surface area contributed by atoms with E-state index in [2.05, 4.69) is 0 Å². The van der Waals surface area contributed by atoms with Gasteiger partial charge in [-0.15, -0.1) is 0 Å². The SMILES string of the molecule is CN(C)CCOC[C@@H]1C[C@@H](OS(C)(=O)=O)CN1C(=O)OCc1ccc([N+](=O)[O-])cc1. The number of likely N-dealkylation sites (tertiary alicyclic amines) is 1. The van der Waals surface area contributed by atoms with Gasteiger partial charge in [0.15, 0.2) is 0 Å². The Morgan fingerprint density at radius 2 is 1.97 bits per heavy atom. The van der Waals surface area contributed by atoms with Crippen molar-refractivity contribution in [2.75, 3.05) is 46.7 Å². The van der Waals surface area contributed by atoms with E-state index in [0.717, 1.165) is 6.26 Å². The van der Waals surface area contributed by atoms with E-state index in [-0.39, 0.29) is 31.5 Å². The summed E-state index contributed by atoms with van der Waals surface area (Å²) in [5, 5.41) is 10.7. The average molecular weight is 445 g/mol. The zero-order valence-corrected chi connectivity index (χ0v) is 18.0. The number of nitro groups is 1. The normalized spacial score (nSPS) is 19.3. The molecule has 1 fully saturated rings. The highest BCUT2D eigenvalue weighted by Gasteiger charge is 2.38. The molecule has 2 atom stereocenters. The lowest BCUT2D eigenvalue weighted by molar-refractivity contribution is -0.384. The second-order valence-electron chi connectivity index (χ2n) is 7.32. The number of non-ortho nitro benzene ring substituents is 1. The fourth-order valence-corrected chi connectivity index (χ4v) is 3.61. The molecule has 1 aromatic carbocycles. The number of nitrogens with zero attached hydrogens (tertiary/aromatic N) is 3. The quantitative estimate of drug-likeness (QED) is 0.226. The van der Waals surface area contributed by atoms with E-state index in [1.165, 1.54) is 29.2 Å². The molecule has 0 bridgehead atoms. The van der Waals surface area contributed by atoms with Crippen molar-refractivity contribution in [1.82, 2.24) is 9.80 Å². The van der Waals surface area contributed by atoms with Crippen LogP contribution in [0.2, 0.25) is 0 Å². The highest BCUT2D eigenvalue weighted by atomic mass is 32.2. The number of ether oxygens (including phenoxy) is 2. The Morgan fingerprint density at radius 1 is 1.30 bits per heavy atom. The minimum atomic E-state index is -3.66. The van der Waals surface area contributed by atoms with Gasteiger partial charge in [-0.05, 0) is 38.2 Å². The van der Waals surface area contributed by atoms with Gasteiger partial charge in [-0.1, -0.05) is 0 Å². The molecule has 1 amide bonds. The Morgan fingerprint density at radius 3 is 2.53 bits per heavy atom. The fraction of sp³-hybridized carbons (Fsp3) is 0.611. The molecule has 0 aliphatic carbocycles. The molecular weight excluding hydrogens is 418 g/mol. The maximum absolute atomic E-state index is 12.6. The molecule has 1 aliphatic rings. The Hall–Kier alpha value is -2.28. The fourth-order valence-electron chi connectivity index (χ4n) is 2.98. The number of amides is 1. The van der Waals surface area contributed by atoms with E-state index in [9.17, 15) is 23.3 Å². The van der Waals surface area contributed by atoms with Crippen LogP contribution in [0.4, 0.5) is 10.5 Å². The standard InChI is InChI=1S/C18H27N3O8S/c1-19(2)8-9-27-13-16-10-17(29-30(3,25)26)11-20(16)18(22)28-12-14-4-6-15(7-5-14)21(23)24/h4-7,16-17H,8-13H2,1-3H3/t16-,17+/m0/s1. The lowest BCUT2D eigenvalue weighted by Gasteiger charge is -2.24. The molecule has 11 nitrogen and oxygen atoms in total. The van der Waals surface area contributed by atoms with E-state index in [0.29, 0.717) is 25.1 Å². The number of hydrogen-bond donors (Lipinski definition) is 0. The van der Waals surface area contributed by atoms with Gasteiger partial charge >= 0.3 is 6.09 Å². The monoisotopic (exact) mass is 445 g/mol. The summed E-state index contributed by atoms with van der Waals surface area (Å²) in [5.41, 5.74) is 0.538. The Bertz CT molecular complexity index is 828. The van der Waals surface area contributed by atoms with Crippen LogP contribution < -0.4 is 0 Å². The zero-order valence-electron chi connectivity index (χ0n) is 17.2. The lowest BCUT2D eigenvalue weighted by Crippen LogP contribution is -2.39. The van der Waals surface area contributed by atoms with Gasteiger partial charge in [-0.25, -0.2) is 4.79 Å². The highest BCUT2D eigenvalue weighted by Crippen LogP contribution is 2.23. The maximum Gasteiger partial charge on any atom is 0.410 e. The summed E-state index contributed by atoms with van der Waals surface area (Å²) in [6.07, 6.45) is -0.0316. The smallest absolute Gasteiger partial charge is 0.410 e. The summed E-state index contributed by atoms with van der Waals surface area (Å²) >= 11 is 0. The number of carbonyl (C=O) groups excluding carboxylic acids is 1. The summed E-state index contributed by atoms with van der Waals surface area (Å²) in [6.45, 7) is 1.39. The largest absolute Gasteiger partial charge is 0.445 e. The number of nitro benzene ring substituents is 1. The van der Waals surface area contributed by atoms with Crippen molar-refractivity contribution in [2.24, 2.45) is 0 Å². The summed E-state index contributed by atoms with van der Waals surface area (Å²) in [7, 11) is 0.163. The van der Waals surface area contributed by atoms with Crippen molar-refractivity contribution in [2.45, 2.75) is 25.2 Å². The van der Waals surface area contributed by atoms with Crippen LogP contribution >= 0.6 is 0 Å². The molecule has 1 heterocycles. The second-order valence-corrected chi connectivity index (χ2v) is 8.92. The molecule has 12 heteroatoms. The number of likely N-dealkylation sites (N-methyl/N-ethyl adjacent to an activating group) is 1. The van der Waals surface area contributed by atoms with Crippen molar-refractivity contribution < 1.29 is 31.8 Å². The Balaban J connectivity index is 1.95. The van der Waals surface area contributed by atoms with Crippen LogP contribution in [0.1, 0.15) is 12.0 Å². The van der Waals surface area contributed by atoms with Gasteiger partial charge < -0.3 is 19.3 Å². The number of rotatable bonds is 10. The first-order valence-corrected chi connectivity index (χ1v) is 11.1. The van der Waals surface area contributed by atoms with Crippen LogP contribution in [-0.4, -0.2) is 88.0 Å². The van der Waals surface area contributed by atoms with Crippen LogP contribution in [0.5, 0.6) is 0 Å². The third-order valence-electron chi connectivity index (χ3n) is 4.42. The van der Waals surface area contributed by atoms with E-state index in [4.69, 9.17) is 13.7 Å². The molecule has 1 aliphatic heterocycles. The zero-order chi connectivity index (χ0) is 22.3. The van der Waals surface area contributed by atoms with Crippen molar-refractivity contribution in [3.8, 4) is 0 Å². The van der Waals surface area contributed by atoms with Gasteiger partial charge in [0.25, 0.3) is 15.8 Å². The van der Waals surface area contributed by atoms with Gasteiger partial charge in [0.1, 0.15) is 6.61 Å². The summed E-state index contributed by atoms with van der Waals surface area (Å²) < 4.78 is 38.9. The second kappa shape index (κ2) is 10.7. The molecule has 0 aromatic heterocycles. The van der Waals surface area contributed by atoms with Crippen LogP contribution in [0, 0.1) is 10.1 Å². The molecule has 1 aromatic rings. The van der Waals surface area contributed by atoms with Crippen molar-refractivity contribution in [1.29, 1.82) is 0 Å². The van der Waals surface area contributed by atoms with Crippen LogP contribution in [0.25, 0.3) is 0 Å². The first kappa shape index (κ1) is 24.0. The summed E-state index contributed by atoms with van der Waals surface area (Å²) in [6, 6.07) is 5.29. The lowest BCUT2D eigenvalue weighted by atomic mass is 10.2. The Kier molecular flexibility index (Phi) is 8.53. The molecule has 0 spiro atoms. The Labute approximate surface area is 175 Å². The van der Waals surface area contributed by atoms with Gasteiger partial charge in [0.05, 0.1) is 43.1 Å². The molecule has 30 heavy (non-hydrogen) atoms. The molecular formula is C18H27N3O8S. The molecule has 2 rings (SSSR count). The van der Waals surface area contributed by atoms with E-state index in [1.807, 2.05) is 19.0 Å². The molecule has 0 saturated carbocycles. The third-order valence-corrected chi connectivity index (χ3v) is 5.05. The number of carbonyl (C=O) groups is 1. The molecule has 0 unspecified atom stereocenters.